The minimum absolute atomic E-state index is 0.286. The number of hydrogen-bond donors (Lipinski definition) is 1. The van der Waals surface area contributed by atoms with Crippen LogP contribution in [-0.4, -0.2) is 25.1 Å². The van der Waals surface area contributed by atoms with Crippen LogP contribution in [-0.2, 0) is 20.7 Å². The van der Waals surface area contributed by atoms with Crippen LogP contribution < -0.4 is 10.1 Å². The summed E-state index contributed by atoms with van der Waals surface area (Å²) in [5, 5.41) is 3.42. The van der Waals surface area contributed by atoms with Gasteiger partial charge in [0.2, 0.25) is 0 Å². The number of aryl methyl sites for hydroxylation is 1. The van der Waals surface area contributed by atoms with Gasteiger partial charge in [0.1, 0.15) is 5.75 Å². The van der Waals surface area contributed by atoms with Crippen LogP contribution in [0.5, 0.6) is 5.75 Å². The number of anilines is 1. The fourth-order valence-corrected chi connectivity index (χ4v) is 2.45. The molecular weight excluding hydrogens is 365 g/mol. The molecule has 0 aromatic heterocycles. The minimum Gasteiger partial charge on any atom is -0.480 e. The Bertz CT molecular complexity index is 764. The van der Waals surface area contributed by atoms with Crippen LogP contribution in [0.1, 0.15) is 12.5 Å². The number of carbonyl (C=O) groups excluding carboxylic acids is 2. The second-order valence-corrected chi connectivity index (χ2v) is 5.97. The first-order valence-corrected chi connectivity index (χ1v) is 8.35. The van der Waals surface area contributed by atoms with Gasteiger partial charge in [0.15, 0.2) is 13.2 Å². The van der Waals surface area contributed by atoms with Crippen molar-refractivity contribution in [2.24, 2.45) is 0 Å². The number of carbonyl (C=O) groups is 2. The van der Waals surface area contributed by atoms with Crippen molar-refractivity contribution in [1.29, 1.82) is 0 Å². The summed E-state index contributed by atoms with van der Waals surface area (Å²) >= 11 is 11.7. The summed E-state index contributed by atoms with van der Waals surface area (Å²) in [6.45, 7) is 1.27. The Morgan fingerprint density at radius 1 is 1.08 bits per heavy atom. The van der Waals surface area contributed by atoms with Crippen molar-refractivity contribution >= 4 is 40.8 Å². The number of hydrogen-bond acceptors (Lipinski definition) is 4. The van der Waals surface area contributed by atoms with Gasteiger partial charge in [-0.2, -0.15) is 0 Å². The number of amides is 1. The molecule has 0 radical (unpaired) electrons. The number of nitrogens with one attached hydrogen (secondary N) is 1. The van der Waals surface area contributed by atoms with E-state index in [1.54, 1.807) is 18.2 Å². The van der Waals surface area contributed by atoms with Gasteiger partial charge in [0, 0.05) is 10.7 Å². The molecule has 0 aliphatic rings. The summed E-state index contributed by atoms with van der Waals surface area (Å²) in [6, 6.07) is 12.1. The van der Waals surface area contributed by atoms with E-state index < -0.39 is 18.5 Å². The quantitative estimate of drug-likeness (QED) is 0.732. The van der Waals surface area contributed by atoms with E-state index in [0.717, 1.165) is 12.0 Å². The molecule has 0 bridgehead atoms. The molecule has 25 heavy (non-hydrogen) atoms. The van der Waals surface area contributed by atoms with Crippen LogP contribution in [0.2, 0.25) is 10.0 Å². The van der Waals surface area contributed by atoms with Crippen LogP contribution in [0.25, 0.3) is 0 Å². The molecule has 1 N–H and O–H groups in total. The lowest BCUT2D eigenvalue weighted by Crippen LogP contribution is -2.23. The predicted molar refractivity (Wildman–Crippen MR) is 97.4 cm³/mol. The van der Waals surface area contributed by atoms with Gasteiger partial charge < -0.3 is 14.8 Å². The van der Waals surface area contributed by atoms with Gasteiger partial charge in [-0.1, -0.05) is 42.3 Å². The summed E-state index contributed by atoms with van der Waals surface area (Å²) in [6.07, 6.45) is 0.864. The van der Waals surface area contributed by atoms with Crippen molar-refractivity contribution in [3.63, 3.8) is 0 Å². The Labute approximate surface area is 155 Å². The largest absolute Gasteiger partial charge is 0.480 e. The molecule has 0 spiro atoms. The van der Waals surface area contributed by atoms with E-state index in [4.69, 9.17) is 32.7 Å². The van der Waals surface area contributed by atoms with Crippen molar-refractivity contribution in [2.45, 2.75) is 13.3 Å². The number of esters is 1. The number of ether oxygens (including phenoxy) is 2. The second kappa shape index (κ2) is 9.30. The summed E-state index contributed by atoms with van der Waals surface area (Å²) < 4.78 is 10.1. The van der Waals surface area contributed by atoms with E-state index in [-0.39, 0.29) is 11.6 Å². The van der Waals surface area contributed by atoms with Crippen molar-refractivity contribution in [3.05, 3.63) is 58.1 Å². The highest BCUT2D eigenvalue weighted by Gasteiger charge is 2.10. The van der Waals surface area contributed by atoms with Gasteiger partial charge in [-0.05, 0) is 42.3 Å². The van der Waals surface area contributed by atoms with Crippen molar-refractivity contribution in [1.82, 2.24) is 0 Å². The molecule has 2 aromatic carbocycles. The summed E-state index contributed by atoms with van der Waals surface area (Å²) in [5.41, 5.74) is 1.76. The smallest absolute Gasteiger partial charge is 0.344 e. The van der Waals surface area contributed by atoms with E-state index in [2.05, 4.69) is 5.32 Å². The molecule has 2 rings (SSSR count). The number of benzene rings is 2. The van der Waals surface area contributed by atoms with E-state index in [9.17, 15) is 9.59 Å². The maximum absolute atomic E-state index is 11.8. The summed E-state index contributed by atoms with van der Waals surface area (Å²) in [5.74, 6) is -0.793. The predicted octanol–water partition coefficient (Wildman–Crippen LogP) is 4.12. The minimum atomic E-state index is -0.677. The lowest BCUT2D eigenvalue weighted by molar-refractivity contribution is -0.149. The first-order valence-electron chi connectivity index (χ1n) is 7.60. The zero-order valence-electron chi connectivity index (χ0n) is 13.6. The summed E-state index contributed by atoms with van der Waals surface area (Å²) in [7, 11) is 0. The molecule has 0 aliphatic heterocycles. The normalized spacial score (nSPS) is 10.2. The van der Waals surface area contributed by atoms with Gasteiger partial charge >= 0.3 is 5.97 Å². The van der Waals surface area contributed by atoms with Gasteiger partial charge in [0.05, 0.1) is 5.02 Å². The van der Waals surface area contributed by atoms with E-state index in [0.29, 0.717) is 16.5 Å². The molecule has 5 nitrogen and oxygen atoms in total. The van der Waals surface area contributed by atoms with Crippen molar-refractivity contribution in [2.75, 3.05) is 18.5 Å². The first kappa shape index (κ1) is 19.1. The molecular formula is C18H17Cl2NO4. The molecule has 0 unspecified atom stereocenters. The number of halogens is 2. The summed E-state index contributed by atoms with van der Waals surface area (Å²) in [4.78, 5) is 23.5. The second-order valence-electron chi connectivity index (χ2n) is 5.13. The average Bonchev–Trinajstić information content (AvgIpc) is 2.59. The molecule has 2 aromatic rings. The van der Waals surface area contributed by atoms with Crippen LogP contribution >= 0.6 is 23.2 Å². The van der Waals surface area contributed by atoms with Gasteiger partial charge in [-0.15, -0.1) is 0 Å². The standard InChI is InChI=1S/C18H17Cl2NO4/c1-2-12-4-3-5-14(8-12)21-17(22)10-25-18(23)11-24-16-7-6-13(19)9-15(16)20/h3-9H,2,10-11H2,1H3,(H,21,22). The molecule has 0 aliphatic carbocycles. The first-order chi connectivity index (χ1) is 12.0. The Morgan fingerprint density at radius 2 is 1.88 bits per heavy atom. The zero-order chi connectivity index (χ0) is 18.2. The van der Waals surface area contributed by atoms with Crippen LogP contribution in [0, 0.1) is 0 Å². The third-order valence-corrected chi connectivity index (χ3v) is 3.75. The Balaban J connectivity index is 1.76. The molecule has 132 valence electrons. The van der Waals surface area contributed by atoms with Crippen LogP contribution in [0.3, 0.4) is 0 Å². The lowest BCUT2D eigenvalue weighted by Gasteiger charge is -2.09. The molecule has 7 heteroatoms. The molecule has 0 saturated carbocycles. The highest BCUT2D eigenvalue weighted by atomic mass is 35.5. The van der Waals surface area contributed by atoms with Gasteiger partial charge in [0.25, 0.3) is 5.91 Å². The van der Waals surface area contributed by atoms with E-state index in [1.165, 1.54) is 6.07 Å². The monoisotopic (exact) mass is 381 g/mol. The third-order valence-electron chi connectivity index (χ3n) is 3.22. The Kier molecular flexibility index (Phi) is 7.10. The highest BCUT2D eigenvalue weighted by Crippen LogP contribution is 2.27. The molecule has 0 fully saturated rings. The molecule has 0 heterocycles. The zero-order valence-corrected chi connectivity index (χ0v) is 15.1. The van der Waals surface area contributed by atoms with E-state index in [1.807, 2.05) is 25.1 Å². The lowest BCUT2D eigenvalue weighted by atomic mass is 10.1. The van der Waals surface area contributed by atoms with Crippen molar-refractivity contribution in [3.8, 4) is 5.75 Å². The maximum atomic E-state index is 11.8. The highest BCUT2D eigenvalue weighted by molar-refractivity contribution is 6.35. The third kappa shape index (κ3) is 6.29. The van der Waals surface area contributed by atoms with E-state index >= 15 is 0 Å². The SMILES string of the molecule is CCc1cccc(NC(=O)COC(=O)COc2ccc(Cl)cc2Cl)c1. The van der Waals surface area contributed by atoms with Crippen molar-refractivity contribution < 1.29 is 19.1 Å². The fourth-order valence-electron chi connectivity index (χ4n) is 1.98. The molecule has 0 saturated heterocycles. The van der Waals surface area contributed by atoms with Crippen LogP contribution in [0.15, 0.2) is 42.5 Å². The fraction of sp³-hybridized carbons (Fsp3) is 0.222. The average molecular weight is 382 g/mol. The Hall–Kier alpha value is -2.24. The van der Waals surface area contributed by atoms with Crippen LogP contribution in [0.4, 0.5) is 5.69 Å². The maximum Gasteiger partial charge on any atom is 0.344 e. The number of rotatable bonds is 7. The Morgan fingerprint density at radius 3 is 2.60 bits per heavy atom. The molecule has 0 atom stereocenters. The molecule has 1 amide bonds. The topological polar surface area (TPSA) is 64.6 Å². The van der Waals surface area contributed by atoms with Gasteiger partial charge in [-0.25, -0.2) is 4.79 Å². The van der Waals surface area contributed by atoms with Gasteiger partial charge in [-0.3, -0.25) is 4.79 Å².